The summed E-state index contributed by atoms with van der Waals surface area (Å²) in [4.78, 5) is 13.9. The highest BCUT2D eigenvalue weighted by molar-refractivity contribution is 5.77. The van der Waals surface area contributed by atoms with Gasteiger partial charge in [0.15, 0.2) is 6.61 Å². The summed E-state index contributed by atoms with van der Waals surface area (Å²) in [5.41, 5.74) is 6.27. The van der Waals surface area contributed by atoms with E-state index in [4.69, 9.17) is 10.5 Å². The molecule has 1 amide bonds. The molecule has 3 N–H and O–H groups in total. The molecule has 0 bridgehead atoms. The van der Waals surface area contributed by atoms with Gasteiger partial charge in [0.25, 0.3) is 5.91 Å². The van der Waals surface area contributed by atoms with Gasteiger partial charge in [0.05, 0.1) is 5.69 Å². The van der Waals surface area contributed by atoms with Crippen molar-refractivity contribution in [2.75, 3.05) is 38.5 Å². The summed E-state index contributed by atoms with van der Waals surface area (Å²) >= 11 is 0. The quantitative estimate of drug-likeness (QED) is 0.531. The normalized spacial score (nSPS) is 10.6. The zero-order valence-corrected chi connectivity index (χ0v) is 12.4. The van der Waals surface area contributed by atoms with E-state index in [0.717, 1.165) is 26.1 Å². The molecule has 0 aromatic heterocycles. The number of carbonyl (C=O) groups excluding carboxylic acids is 1. The summed E-state index contributed by atoms with van der Waals surface area (Å²) in [7, 11) is 0. The lowest BCUT2D eigenvalue weighted by Gasteiger charge is -2.17. The summed E-state index contributed by atoms with van der Waals surface area (Å²) < 4.78 is 5.37. The third-order valence-electron chi connectivity index (χ3n) is 3.15. The van der Waals surface area contributed by atoms with Gasteiger partial charge < -0.3 is 20.7 Å². The molecule has 0 spiro atoms. The molecule has 0 aliphatic rings. The summed E-state index contributed by atoms with van der Waals surface area (Å²) in [6, 6.07) is 7.16. The van der Waals surface area contributed by atoms with E-state index in [1.807, 2.05) is 12.1 Å². The minimum Gasteiger partial charge on any atom is -0.482 e. The SMILES string of the molecule is CCN(CC)CCCNC(=O)COc1ccccc1N. The van der Waals surface area contributed by atoms with Gasteiger partial charge in [0, 0.05) is 6.54 Å². The second kappa shape index (κ2) is 9.20. The monoisotopic (exact) mass is 279 g/mol. The molecule has 1 aromatic carbocycles. The summed E-state index contributed by atoms with van der Waals surface area (Å²) in [6.07, 6.45) is 0.945. The van der Waals surface area contributed by atoms with E-state index >= 15 is 0 Å². The van der Waals surface area contributed by atoms with Gasteiger partial charge in [-0.2, -0.15) is 0 Å². The number of hydrogen-bond acceptors (Lipinski definition) is 4. The number of hydrogen-bond donors (Lipinski definition) is 2. The van der Waals surface area contributed by atoms with E-state index in [9.17, 15) is 4.79 Å². The van der Waals surface area contributed by atoms with Crippen LogP contribution in [-0.4, -0.2) is 43.6 Å². The first-order chi connectivity index (χ1) is 9.67. The van der Waals surface area contributed by atoms with Crippen molar-refractivity contribution in [1.82, 2.24) is 10.2 Å². The van der Waals surface area contributed by atoms with Crippen molar-refractivity contribution in [1.29, 1.82) is 0 Å². The van der Waals surface area contributed by atoms with Crippen LogP contribution in [0, 0.1) is 0 Å². The number of para-hydroxylation sites is 2. The van der Waals surface area contributed by atoms with E-state index in [1.54, 1.807) is 12.1 Å². The molecule has 0 fully saturated rings. The van der Waals surface area contributed by atoms with Crippen molar-refractivity contribution in [2.24, 2.45) is 0 Å². The highest BCUT2D eigenvalue weighted by atomic mass is 16.5. The number of carbonyl (C=O) groups is 1. The van der Waals surface area contributed by atoms with Crippen LogP contribution in [0.2, 0.25) is 0 Å². The van der Waals surface area contributed by atoms with Crippen molar-refractivity contribution in [3.8, 4) is 5.75 Å². The maximum absolute atomic E-state index is 11.6. The van der Waals surface area contributed by atoms with E-state index in [1.165, 1.54) is 0 Å². The molecule has 0 aliphatic carbocycles. The molecule has 1 aromatic rings. The van der Waals surface area contributed by atoms with Gasteiger partial charge in [-0.05, 0) is 38.2 Å². The lowest BCUT2D eigenvalue weighted by molar-refractivity contribution is -0.123. The third-order valence-corrected chi connectivity index (χ3v) is 3.15. The number of nitrogens with zero attached hydrogens (tertiary/aromatic N) is 1. The molecule has 20 heavy (non-hydrogen) atoms. The largest absolute Gasteiger partial charge is 0.482 e. The topological polar surface area (TPSA) is 67.6 Å². The second-order valence-electron chi connectivity index (χ2n) is 4.56. The molecule has 112 valence electrons. The summed E-state index contributed by atoms with van der Waals surface area (Å²) in [6.45, 7) is 8.03. The third kappa shape index (κ3) is 5.93. The van der Waals surface area contributed by atoms with Crippen molar-refractivity contribution < 1.29 is 9.53 Å². The molecular formula is C15H25N3O2. The second-order valence-corrected chi connectivity index (χ2v) is 4.56. The lowest BCUT2D eigenvalue weighted by atomic mass is 10.3. The molecule has 1 rings (SSSR count). The Balaban J connectivity index is 2.16. The standard InChI is InChI=1S/C15H25N3O2/c1-3-18(4-2)11-7-10-17-15(19)12-20-14-9-6-5-8-13(14)16/h5-6,8-9H,3-4,7,10-12,16H2,1-2H3,(H,17,19). The van der Waals surface area contributed by atoms with Gasteiger partial charge in [-0.1, -0.05) is 26.0 Å². The minimum absolute atomic E-state index is 0.000513. The first kappa shape index (κ1) is 16.3. The van der Waals surface area contributed by atoms with Crippen LogP contribution in [0.15, 0.2) is 24.3 Å². The highest BCUT2D eigenvalue weighted by Crippen LogP contribution is 2.19. The summed E-state index contributed by atoms with van der Waals surface area (Å²) in [5, 5.41) is 2.84. The molecule has 0 heterocycles. The molecule has 0 unspecified atom stereocenters. The Morgan fingerprint density at radius 2 is 2.00 bits per heavy atom. The van der Waals surface area contributed by atoms with Crippen molar-refractivity contribution in [2.45, 2.75) is 20.3 Å². The fourth-order valence-electron chi connectivity index (χ4n) is 1.88. The fraction of sp³-hybridized carbons (Fsp3) is 0.533. The molecule has 0 aliphatic heterocycles. The van der Waals surface area contributed by atoms with Gasteiger partial charge in [0.2, 0.25) is 0 Å². The van der Waals surface area contributed by atoms with E-state index < -0.39 is 0 Å². The van der Waals surface area contributed by atoms with Gasteiger partial charge in [-0.25, -0.2) is 0 Å². The van der Waals surface area contributed by atoms with Crippen LogP contribution < -0.4 is 15.8 Å². The van der Waals surface area contributed by atoms with Crippen LogP contribution in [0.3, 0.4) is 0 Å². The average Bonchev–Trinajstić information content (AvgIpc) is 2.46. The Hall–Kier alpha value is -1.75. The van der Waals surface area contributed by atoms with Gasteiger partial charge in [-0.15, -0.1) is 0 Å². The zero-order chi connectivity index (χ0) is 14.8. The van der Waals surface area contributed by atoms with Gasteiger partial charge in [-0.3, -0.25) is 4.79 Å². The Morgan fingerprint density at radius 3 is 2.65 bits per heavy atom. The van der Waals surface area contributed by atoms with Crippen LogP contribution in [0.1, 0.15) is 20.3 Å². The van der Waals surface area contributed by atoms with E-state index in [-0.39, 0.29) is 12.5 Å². The molecule has 5 heteroatoms. The zero-order valence-electron chi connectivity index (χ0n) is 12.4. The average molecular weight is 279 g/mol. The Bertz CT molecular complexity index is 406. The molecule has 5 nitrogen and oxygen atoms in total. The molecule has 0 radical (unpaired) electrons. The van der Waals surface area contributed by atoms with Crippen LogP contribution in [0.25, 0.3) is 0 Å². The number of nitrogens with two attached hydrogens (primary N) is 1. The first-order valence-electron chi connectivity index (χ1n) is 7.13. The first-order valence-corrected chi connectivity index (χ1v) is 7.13. The number of rotatable bonds is 9. The predicted molar refractivity (Wildman–Crippen MR) is 81.8 cm³/mol. The number of ether oxygens (including phenoxy) is 1. The molecule has 0 saturated carbocycles. The van der Waals surface area contributed by atoms with Crippen LogP contribution >= 0.6 is 0 Å². The van der Waals surface area contributed by atoms with Gasteiger partial charge in [0.1, 0.15) is 5.75 Å². The van der Waals surface area contributed by atoms with Crippen molar-refractivity contribution in [3.63, 3.8) is 0 Å². The van der Waals surface area contributed by atoms with E-state index in [0.29, 0.717) is 18.0 Å². The van der Waals surface area contributed by atoms with Crippen molar-refractivity contribution >= 4 is 11.6 Å². The molecule has 0 saturated heterocycles. The Kier molecular flexibility index (Phi) is 7.50. The number of anilines is 1. The maximum atomic E-state index is 11.6. The Labute approximate surface area is 121 Å². The van der Waals surface area contributed by atoms with Crippen LogP contribution in [0.5, 0.6) is 5.75 Å². The smallest absolute Gasteiger partial charge is 0.257 e. The van der Waals surface area contributed by atoms with E-state index in [2.05, 4.69) is 24.1 Å². The molecular weight excluding hydrogens is 254 g/mol. The number of benzene rings is 1. The van der Waals surface area contributed by atoms with Crippen LogP contribution in [0.4, 0.5) is 5.69 Å². The number of nitrogen functional groups attached to an aromatic ring is 1. The van der Waals surface area contributed by atoms with Gasteiger partial charge >= 0.3 is 0 Å². The maximum Gasteiger partial charge on any atom is 0.257 e. The highest BCUT2D eigenvalue weighted by Gasteiger charge is 2.04. The Morgan fingerprint density at radius 1 is 1.30 bits per heavy atom. The predicted octanol–water partition coefficient (Wildman–Crippen LogP) is 1.50. The fourth-order valence-corrected chi connectivity index (χ4v) is 1.88. The number of nitrogens with one attached hydrogen (secondary N) is 1. The van der Waals surface area contributed by atoms with Crippen LogP contribution in [-0.2, 0) is 4.79 Å². The lowest BCUT2D eigenvalue weighted by Crippen LogP contribution is -2.32. The van der Waals surface area contributed by atoms with Crippen molar-refractivity contribution in [3.05, 3.63) is 24.3 Å². The minimum atomic E-state index is -0.118. The summed E-state index contributed by atoms with van der Waals surface area (Å²) in [5.74, 6) is 0.429. The number of amides is 1. The molecule has 0 atom stereocenters.